The van der Waals surface area contributed by atoms with E-state index < -0.39 is 0 Å². The average Bonchev–Trinajstić information content (AvgIpc) is 2.82. The first kappa shape index (κ1) is 26.8. The van der Waals surface area contributed by atoms with Crippen molar-refractivity contribution in [2.45, 2.75) is 96.3 Å². The Labute approximate surface area is 219 Å². The van der Waals surface area contributed by atoms with Crippen molar-refractivity contribution < 1.29 is 4.74 Å². The van der Waals surface area contributed by atoms with Gasteiger partial charge in [-0.05, 0) is 117 Å². The molecule has 0 atom stereocenters. The quantitative estimate of drug-likeness (QED) is 0.343. The highest BCUT2D eigenvalue weighted by Gasteiger charge is 2.37. The van der Waals surface area contributed by atoms with Gasteiger partial charge in [-0.1, -0.05) is 46.2 Å². The maximum Gasteiger partial charge on any atom is 0.193 e. The van der Waals surface area contributed by atoms with Crippen LogP contribution in [0.5, 0.6) is 0 Å². The molecule has 0 saturated carbocycles. The number of aliphatic imine (C=N–C) groups is 1. The van der Waals surface area contributed by atoms with Crippen LogP contribution in [0.1, 0.15) is 102 Å². The van der Waals surface area contributed by atoms with E-state index in [1.54, 1.807) is 0 Å². The van der Waals surface area contributed by atoms with Crippen LogP contribution in [0.3, 0.4) is 0 Å². The van der Waals surface area contributed by atoms with Crippen molar-refractivity contribution in [3.63, 3.8) is 0 Å². The molecule has 4 rings (SSSR count). The molecule has 1 saturated heterocycles. The molecular formula is C31H48N2OS. The number of nitrogens with zero attached hydrogens (tertiary/aromatic N) is 2. The number of benzene rings is 1. The molecule has 3 nitrogen and oxygen atoms in total. The van der Waals surface area contributed by atoms with Gasteiger partial charge < -0.3 is 9.64 Å². The van der Waals surface area contributed by atoms with Gasteiger partial charge in [0.1, 0.15) is 5.76 Å². The molecule has 0 N–H and O–H groups in total. The van der Waals surface area contributed by atoms with Gasteiger partial charge in [0, 0.05) is 18.0 Å². The lowest BCUT2D eigenvalue weighted by Crippen LogP contribution is -2.37. The molecule has 4 heteroatoms. The molecular weight excluding hydrogens is 448 g/mol. The van der Waals surface area contributed by atoms with Crippen molar-refractivity contribution in [2.75, 3.05) is 38.2 Å². The van der Waals surface area contributed by atoms with Crippen molar-refractivity contribution >= 4 is 23.4 Å². The van der Waals surface area contributed by atoms with Gasteiger partial charge in [0.15, 0.2) is 5.90 Å². The van der Waals surface area contributed by atoms with Crippen LogP contribution in [0.15, 0.2) is 29.3 Å². The number of ether oxygens (including phenoxy) is 1. The Morgan fingerprint density at radius 2 is 1.74 bits per heavy atom. The summed E-state index contributed by atoms with van der Waals surface area (Å²) in [5.74, 6) is 3.78. The van der Waals surface area contributed by atoms with E-state index >= 15 is 0 Å². The first-order valence-corrected chi connectivity index (χ1v) is 15.5. The maximum atomic E-state index is 6.68. The number of piperidine rings is 1. The molecule has 2 heterocycles. The summed E-state index contributed by atoms with van der Waals surface area (Å²) in [5.41, 5.74) is 4.70. The highest BCUT2D eigenvalue weighted by Crippen LogP contribution is 2.46. The summed E-state index contributed by atoms with van der Waals surface area (Å²) < 4.78 is 6.68. The normalized spacial score (nSPS) is 22.9. The van der Waals surface area contributed by atoms with Crippen molar-refractivity contribution in [1.82, 2.24) is 4.90 Å². The first-order chi connectivity index (χ1) is 16.8. The summed E-state index contributed by atoms with van der Waals surface area (Å²) in [5, 5.41) is 0. The summed E-state index contributed by atoms with van der Waals surface area (Å²) in [6, 6.07) is 7.11. The van der Waals surface area contributed by atoms with Gasteiger partial charge in [0.05, 0.1) is 0 Å². The Morgan fingerprint density at radius 1 is 1.00 bits per heavy atom. The second kappa shape index (κ2) is 11.9. The minimum Gasteiger partial charge on any atom is -0.443 e. The first-order valence-electron chi connectivity index (χ1n) is 14.1. The van der Waals surface area contributed by atoms with E-state index in [1.807, 2.05) is 11.8 Å². The highest BCUT2D eigenvalue weighted by atomic mass is 32.2. The molecule has 1 aliphatic carbocycles. The number of allylic oxidation sites excluding steroid dienone is 1. The van der Waals surface area contributed by atoms with Crippen LogP contribution in [0.25, 0.3) is 5.76 Å². The van der Waals surface area contributed by atoms with E-state index in [0.717, 1.165) is 31.0 Å². The number of fused-ring (bicyclic) bond motifs is 1. The van der Waals surface area contributed by atoms with Crippen molar-refractivity contribution in [3.05, 3.63) is 41.0 Å². The monoisotopic (exact) mass is 496 g/mol. The van der Waals surface area contributed by atoms with Crippen LogP contribution >= 0.6 is 11.8 Å². The van der Waals surface area contributed by atoms with Gasteiger partial charge in [0.2, 0.25) is 0 Å². The molecule has 0 radical (unpaired) electrons. The van der Waals surface area contributed by atoms with Crippen LogP contribution in [0.2, 0.25) is 0 Å². The molecule has 0 bridgehead atoms. The van der Waals surface area contributed by atoms with Gasteiger partial charge in [0.25, 0.3) is 0 Å². The number of thioether (sulfide) groups is 1. The largest absolute Gasteiger partial charge is 0.443 e. The van der Waals surface area contributed by atoms with Gasteiger partial charge in [-0.15, -0.1) is 0 Å². The SMILES string of the molecule is CSCCCCCN1CCC(C2=NCCCC=C(c3ccc4c(c3)C(C)(C)CCC4(C)C)O2)CC1. The molecule has 1 aromatic rings. The molecule has 3 aliphatic rings. The number of likely N-dealkylation sites (tertiary alicyclic amines) is 1. The lowest BCUT2D eigenvalue weighted by molar-refractivity contribution is 0.197. The Balaban J connectivity index is 1.42. The van der Waals surface area contributed by atoms with Gasteiger partial charge in [-0.25, -0.2) is 0 Å². The Kier molecular flexibility index (Phi) is 9.08. The number of hydrogen-bond acceptors (Lipinski definition) is 4. The zero-order valence-electron chi connectivity index (χ0n) is 23.0. The summed E-state index contributed by atoms with van der Waals surface area (Å²) in [4.78, 5) is 7.63. The highest BCUT2D eigenvalue weighted by molar-refractivity contribution is 7.98. The summed E-state index contributed by atoms with van der Waals surface area (Å²) in [6.07, 6.45) is 15.5. The molecule has 1 aromatic carbocycles. The molecule has 1 fully saturated rings. The van der Waals surface area contributed by atoms with E-state index in [0.29, 0.717) is 5.92 Å². The molecule has 0 amide bonds. The van der Waals surface area contributed by atoms with E-state index in [4.69, 9.17) is 9.73 Å². The fraction of sp³-hybridized carbons (Fsp3) is 0.710. The minimum atomic E-state index is 0.210. The lowest BCUT2D eigenvalue weighted by Gasteiger charge is -2.42. The standard InChI is InChI=1S/C31H48N2OS/c1-30(2)16-17-31(3,4)27-23-25(12-13-26(27)30)28-11-7-8-18-32-29(34-28)24-14-20-33(21-15-24)19-9-6-10-22-35-5/h11-13,23-24H,6-10,14-22H2,1-5H3. The maximum absolute atomic E-state index is 6.68. The zero-order chi connectivity index (χ0) is 24.9. The van der Waals surface area contributed by atoms with Crippen LogP contribution in [-0.4, -0.2) is 49.0 Å². The predicted molar refractivity (Wildman–Crippen MR) is 154 cm³/mol. The minimum absolute atomic E-state index is 0.210. The van der Waals surface area contributed by atoms with E-state index in [1.165, 1.54) is 87.0 Å². The lowest BCUT2D eigenvalue weighted by atomic mass is 9.63. The Bertz CT molecular complexity index is 909. The number of rotatable bonds is 8. The summed E-state index contributed by atoms with van der Waals surface area (Å²) in [7, 11) is 0. The molecule has 0 unspecified atom stereocenters. The van der Waals surface area contributed by atoms with E-state index in [-0.39, 0.29) is 10.8 Å². The molecule has 0 aromatic heterocycles. The predicted octanol–water partition coefficient (Wildman–Crippen LogP) is 7.83. The Morgan fingerprint density at radius 3 is 2.49 bits per heavy atom. The third-order valence-electron chi connectivity index (χ3n) is 8.57. The van der Waals surface area contributed by atoms with Gasteiger partial charge >= 0.3 is 0 Å². The number of unbranched alkanes of at least 4 members (excludes halogenated alkanes) is 2. The Hall–Kier alpha value is -1.26. The van der Waals surface area contributed by atoms with Crippen LogP contribution in [-0.2, 0) is 15.6 Å². The summed E-state index contributed by atoms with van der Waals surface area (Å²) in [6.45, 7) is 14.1. The fourth-order valence-electron chi connectivity index (χ4n) is 5.99. The third-order valence-corrected chi connectivity index (χ3v) is 9.27. The molecule has 0 spiro atoms. The average molecular weight is 497 g/mol. The van der Waals surface area contributed by atoms with E-state index in [2.05, 4.69) is 63.1 Å². The topological polar surface area (TPSA) is 24.8 Å². The third kappa shape index (κ3) is 6.74. The van der Waals surface area contributed by atoms with Crippen LogP contribution in [0, 0.1) is 5.92 Å². The molecule has 35 heavy (non-hydrogen) atoms. The van der Waals surface area contributed by atoms with Crippen LogP contribution in [0.4, 0.5) is 0 Å². The smallest absolute Gasteiger partial charge is 0.193 e. The second-order valence-corrected chi connectivity index (χ2v) is 13.2. The van der Waals surface area contributed by atoms with Crippen molar-refractivity contribution in [2.24, 2.45) is 10.9 Å². The van der Waals surface area contributed by atoms with E-state index in [9.17, 15) is 0 Å². The zero-order valence-corrected chi connectivity index (χ0v) is 23.8. The van der Waals surface area contributed by atoms with Crippen LogP contribution < -0.4 is 0 Å². The fourth-order valence-corrected chi connectivity index (χ4v) is 6.49. The van der Waals surface area contributed by atoms with Crippen molar-refractivity contribution in [1.29, 1.82) is 0 Å². The number of hydrogen-bond donors (Lipinski definition) is 0. The summed E-state index contributed by atoms with van der Waals surface area (Å²) >= 11 is 1.97. The molecule has 2 aliphatic heterocycles. The van der Waals surface area contributed by atoms with Gasteiger partial charge in [-0.3, -0.25) is 4.99 Å². The molecule has 194 valence electrons. The van der Waals surface area contributed by atoms with Gasteiger partial charge in [-0.2, -0.15) is 11.8 Å². The van der Waals surface area contributed by atoms with Crippen molar-refractivity contribution in [3.8, 4) is 0 Å². The second-order valence-electron chi connectivity index (χ2n) is 12.2.